The van der Waals surface area contributed by atoms with Crippen LogP contribution in [0.3, 0.4) is 0 Å². The van der Waals surface area contributed by atoms with Gasteiger partial charge in [0, 0.05) is 50.5 Å². The summed E-state index contributed by atoms with van der Waals surface area (Å²) in [5.74, 6) is 0. The zero-order valence-corrected chi connectivity index (χ0v) is 13.5. The summed E-state index contributed by atoms with van der Waals surface area (Å²) < 4.78 is 168. The van der Waals surface area contributed by atoms with Gasteiger partial charge in [-0.15, -0.1) is 11.3 Å². The number of nitrogens with zero attached hydrogens (tertiary/aromatic N) is 1. The van der Waals surface area contributed by atoms with E-state index in [-0.39, 0.29) is 11.3 Å². The molecule has 0 spiro atoms. The first kappa shape index (κ1) is 6.98. The van der Waals surface area contributed by atoms with Crippen LogP contribution in [0.1, 0.15) is 45.4 Å². The summed E-state index contributed by atoms with van der Waals surface area (Å²) in [5.41, 5.74) is -1.13. The average Bonchev–Trinajstić information content (AvgIpc) is 3.01. The minimum atomic E-state index is -5.57. The van der Waals surface area contributed by atoms with Crippen molar-refractivity contribution in [3.63, 3.8) is 0 Å². The van der Waals surface area contributed by atoms with Crippen LogP contribution >= 0.6 is 11.3 Å². The Morgan fingerprint density at radius 2 is 2.52 bits per heavy atom. The Balaban J connectivity index is 2.92. The Bertz CT molecular complexity index is 1300. The van der Waals surface area contributed by atoms with Crippen molar-refractivity contribution in [1.29, 1.82) is 0 Å². The van der Waals surface area contributed by atoms with Crippen LogP contribution in [0.15, 0.2) is 14.5 Å². The van der Waals surface area contributed by atoms with Gasteiger partial charge in [0.1, 0.15) is 8.42 Å². The Morgan fingerprint density at radius 1 is 1.74 bits per heavy atom. The van der Waals surface area contributed by atoms with Crippen LogP contribution in [0, 0.1) is 0 Å². The quantitative estimate of drug-likeness (QED) is 0.672. The van der Waals surface area contributed by atoms with E-state index < -0.39 is 90.7 Å². The number of nitrogens with one attached hydrogen (secondary N) is 1. The summed E-state index contributed by atoms with van der Waals surface area (Å²) in [4.78, 5) is 0. The summed E-state index contributed by atoms with van der Waals surface area (Å²) in [5, 5.41) is 6.52. The molecule has 0 aromatic carbocycles. The number of hydrogen-bond donors (Lipinski definition) is 2. The smallest absolute Gasteiger partial charge is 0.252 e. The molecule has 1 atom stereocenters. The van der Waals surface area contributed by atoms with Crippen LogP contribution < -0.4 is 10.5 Å². The molecule has 8 nitrogen and oxygen atoms in total. The van der Waals surface area contributed by atoms with E-state index in [2.05, 4.69) is 4.74 Å². The number of thiophene rings is 1. The largest absolute Gasteiger partial charge is 0.385 e. The highest BCUT2D eigenvalue weighted by Gasteiger charge is 2.39. The predicted octanol–water partition coefficient (Wildman–Crippen LogP) is 0.0869. The van der Waals surface area contributed by atoms with Gasteiger partial charge in [-0.05, 0) is 19.0 Å². The molecule has 2 heterocycles. The lowest BCUT2D eigenvalue weighted by molar-refractivity contribution is 0.185. The zero-order valence-electron chi connectivity index (χ0n) is 26.1. The molecule has 1 aliphatic rings. The number of fused-ring (bicyclic) bond motifs is 1. The third kappa shape index (κ3) is 3.92. The molecule has 0 saturated heterocycles. The fraction of sp³-hybridized carbons (Fsp3) is 0.667. The Kier molecular flexibility index (Phi) is 2.16. The highest BCUT2D eigenvalue weighted by molar-refractivity contribution is 7.94. The Hall–Kier alpha value is -0.560. The minimum Gasteiger partial charge on any atom is -0.385 e. The zero-order chi connectivity index (χ0) is 30.3. The van der Waals surface area contributed by atoms with E-state index >= 15 is 0 Å². The molecule has 0 bridgehead atoms. The molecule has 1 aromatic heterocycles. The molecule has 3 N–H and O–H groups in total. The molecule has 2 rings (SSSR count). The maximum Gasteiger partial charge on any atom is 0.252 e. The second kappa shape index (κ2) is 7.13. The number of methoxy groups -OCH3 is 1. The summed E-state index contributed by atoms with van der Waals surface area (Å²) in [6, 6.07) is -3.21. The molecule has 23 heavy (non-hydrogen) atoms. The number of primary sulfonamides is 1. The number of ether oxygens (including phenoxy) is 1. The van der Waals surface area contributed by atoms with Crippen molar-refractivity contribution in [3.8, 4) is 0 Å². The van der Waals surface area contributed by atoms with Gasteiger partial charge in [-0.25, -0.2) is 22.0 Å². The number of nitrogens with two attached hydrogens (primary N) is 1. The van der Waals surface area contributed by atoms with E-state index in [0.717, 1.165) is 0 Å². The first-order valence-electron chi connectivity index (χ1n) is 13.0. The van der Waals surface area contributed by atoms with Gasteiger partial charge in [0.25, 0.3) is 10.0 Å². The molecule has 0 fully saturated rings. The van der Waals surface area contributed by atoms with Crippen molar-refractivity contribution >= 4 is 31.4 Å². The summed E-state index contributed by atoms with van der Waals surface area (Å²) in [6.45, 7) is -18.6. The van der Waals surface area contributed by atoms with Gasteiger partial charge in [-0.1, -0.05) is 6.85 Å². The van der Waals surface area contributed by atoms with Gasteiger partial charge in [0.05, 0.1) is 8.22 Å². The van der Waals surface area contributed by atoms with E-state index in [9.17, 15) is 16.8 Å². The van der Waals surface area contributed by atoms with Crippen molar-refractivity contribution < 1.29 is 42.1 Å². The van der Waals surface area contributed by atoms with E-state index in [1.54, 1.807) is 0 Å². The van der Waals surface area contributed by atoms with Crippen LogP contribution in [0.25, 0.3) is 0 Å². The first-order chi connectivity index (χ1) is 16.3. The standard InChI is InChI=1S/C12H21N3O5S3/c1-3-14-10-8-15(5-4-6-20-2)23(18,19)12-9(10)7-11(21-12)22(13,16)17/h7,10,14H,3-6,8H2,1-2H3,(H2,13,16,17)/t10-/m0/s1/i1D3,2D3,3D2,5D2,6D2,8D2,10D. The third-order valence-electron chi connectivity index (χ3n) is 2.47. The minimum absolute atomic E-state index is 0.180. The molecule has 11 heteroatoms. The van der Waals surface area contributed by atoms with Crippen molar-refractivity contribution in [1.82, 2.24) is 9.62 Å². The van der Waals surface area contributed by atoms with Gasteiger partial charge >= 0.3 is 0 Å². The molecule has 0 saturated carbocycles. The van der Waals surface area contributed by atoms with Crippen molar-refractivity contribution in [2.45, 2.75) is 27.7 Å². The van der Waals surface area contributed by atoms with Gasteiger partial charge < -0.3 is 10.1 Å². The van der Waals surface area contributed by atoms with Gasteiger partial charge in [-0.2, -0.15) is 4.31 Å². The highest BCUT2D eigenvalue weighted by Crippen LogP contribution is 2.39. The number of sulfonamides is 2. The molecule has 0 aliphatic carbocycles. The van der Waals surface area contributed by atoms with E-state index in [1.165, 1.54) is 5.32 Å². The number of likely N-dealkylation sites (N-methyl/N-ethyl adjacent to an activating group) is 1. The molecule has 0 amide bonds. The van der Waals surface area contributed by atoms with Crippen LogP contribution in [-0.4, -0.2) is 54.2 Å². The lowest BCUT2D eigenvalue weighted by atomic mass is 10.1. The van der Waals surface area contributed by atoms with Crippen LogP contribution in [0.4, 0.5) is 0 Å². The lowest BCUT2D eigenvalue weighted by Gasteiger charge is -2.32. The topological polar surface area (TPSA) is 119 Å². The van der Waals surface area contributed by atoms with Gasteiger partial charge in [0.2, 0.25) is 10.0 Å². The number of hydrogen-bond acceptors (Lipinski definition) is 7. The Morgan fingerprint density at radius 3 is 3.17 bits per heavy atom. The van der Waals surface area contributed by atoms with Crippen LogP contribution in [0.5, 0.6) is 0 Å². The van der Waals surface area contributed by atoms with Crippen LogP contribution in [0.2, 0.25) is 0 Å². The van der Waals surface area contributed by atoms with Crippen molar-refractivity contribution in [2.75, 3.05) is 33.1 Å². The highest BCUT2D eigenvalue weighted by atomic mass is 32.3. The summed E-state index contributed by atoms with van der Waals surface area (Å²) in [7, 11) is -13.8. The average molecular weight is 399 g/mol. The Labute approximate surface area is 161 Å². The molecule has 1 aliphatic heterocycles. The predicted molar refractivity (Wildman–Crippen MR) is 87.4 cm³/mol. The van der Waals surface area contributed by atoms with E-state index in [1.807, 2.05) is 0 Å². The van der Waals surface area contributed by atoms with E-state index in [0.29, 0.717) is 6.07 Å². The summed E-state index contributed by atoms with van der Waals surface area (Å²) in [6.07, 6.45) is -1.82. The first-order valence-corrected chi connectivity index (χ1v) is 9.34. The monoisotopic (exact) mass is 398 g/mol. The SMILES string of the molecule is [2H]C([2H])([2H])OC([2H])([2H])CC([2H])([2H])N1C([2H])([2H])[C@]([2H])(NC([2H])([2H])C([2H])([2H])[2H])c2cc(S(N)(=O)=O)sc2S1(=O)=O. The third-order valence-corrected chi connectivity index (χ3v) is 7.09. The van der Waals surface area contributed by atoms with Gasteiger partial charge in [0.15, 0.2) is 0 Å². The fourth-order valence-electron chi connectivity index (χ4n) is 1.59. The molecular weight excluding hydrogens is 362 g/mol. The normalized spacial score (nSPS) is 39.3. The fourth-order valence-corrected chi connectivity index (χ4v) is 5.34. The lowest BCUT2D eigenvalue weighted by Crippen LogP contribution is -2.43. The van der Waals surface area contributed by atoms with Crippen LogP contribution in [-0.2, 0) is 24.8 Å². The summed E-state index contributed by atoms with van der Waals surface area (Å²) >= 11 is -0.180. The second-order valence-corrected chi connectivity index (χ2v) is 8.72. The maximum atomic E-state index is 13.5. The molecule has 0 radical (unpaired) electrons. The van der Waals surface area contributed by atoms with Gasteiger partial charge in [-0.3, -0.25) is 0 Å². The van der Waals surface area contributed by atoms with Crippen molar-refractivity contribution in [3.05, 3.63) is 11.6 Å². The van der Waals surface area contributed by atoms with Crippen molar-refractivity contribution in [2.24, 2.45) is 5.14 Å². The number of rotatable bonds is 7. The molecule has 1 aromatic rings. The maximum absolute atomic E-state index is 13.5. The second-order valence-electron chi connectivity index (χ2n) is 3.90. The molecule has 132 valence electrons. The molecular formula is C12H21N3O5S3. The molecule has 0 unspecified atom stereocenters. The van der Waals surface area contributed by atoms with E-state index in [4.69, 9.17) is 25.7 Å².